The van der Waals surface area contributed by atoms with Gasteiger partial charge in [-0.1, -0.05) is 6.07 Å². The van der Waals surface area contributed by atoms with Gasteiger partial charge < -0.3 is 19.1 Å². The van der Waals surface area contributed by atoms with Gasteiger partial charge in [-0.15, -0.1) is 0 Å². The van der Waals surface area contributed by atoms with Crippen molar-refractivity contribution in [3.05, 3.63) is 71.0 Å². The fraction of sp³-hybridized carbons (Fsp3) is 0.346. The van der Waals surface area contributed by atoms with E-state index in [1.54, 1.807) is 35.7 Å². The standard InChI is InChI=1S/C26H31N3O5/c1-6-28(17-19-9-14-23(33-7-2)24(15-19)32-5)25(30)20-10-12-21(13-11-20)29-18(4)22(16-27-29)26(31)34-8-3/h9-16H,6-8,17H2,1-5H3. The zero-order valence-corrected chi connectivity index (χ0v) is 20.3. The highest BCUT2D eigenvalue weighted by Gasteiger charge is 2.18. The lowest BCUT2D eigenvalue weighted by Crippen LogP contribution is -2.30. The fourth-order valence-electron chi connectivity index (χ4n) is 3.64. The zero-order valence-electron chi connectivity index (χ0n) is 20.3. The Hall–Kier alpha value is -3.81. The molecule has 34 heavy (non-hydrogen) atoms. The van der Waals surface area contributed by atoms with Crippen LogP contribution in [0.3, 0.4) is 0 Å². The molecule has 0 aliphatic carbocycles. The van der Waals surface area contributed by atoms with Gasteiger partial charge in [-0.05, 0) is 69.7 Å². The molecule has 0 bridgehead atoms. The average molecular weight is 466 g/mol. The van der Waals surface area contributed by atoms with E-state index < -0.39 is 5.97 Å². The topological polar surface area (TPSA) is 82.9 Å². The molecule has 0 N–H and O–H groups in total. The van der Waals surface area contributed by atoms with Crippen molar-refractivity contribution in [3.63, 3.8) is 0 Å². The number of rotatable bonds is 10. The van der Waals surface area contributed by atoms with Gasteiger partial charge in [0, 0.05) is 18.7 Å². The largest absolute Gasteiger partial charge is 0.493 e. The highest BCUT2D eigenvalue weighted by atomic mass is 16.5. The number of aromatic nitrogens is 2. The van der Waals surface area contributed by atoms with Gasteiger partial charge in [0.05, 0.1) is 37.9 Å². The number of hydrogen-bond acceptors (Lipinski definition) is 6. The molecule has 0 atom stereocenters. The molecule has 0 aliphatic heterocycles. The highest BCUT2D eigenvalue weighted by Crippen LogP contribution is 2.28. The van der Waals surface area contributed by atoms with Crippen molar-refractivity contribution in [1.29, 1.82) is 0 Å². The van der Waals surface area contributed by atoms with Crippen LogP contribution in [0.5, 0.6) is 11.5 Å². The number of carbonyl (C=O) groups is 2. The van der Waals surface area contributed by atoms with Crippen LogP contribution >= 0.6 is 0 Å². The first-order valence-electron chi connectivity index (χ1n) is 11.3. The maximum Gasteiger partial charge on any atom is 0.341 e. The van der Waals surface area contributed by atoms with Crippen LogP contribution < -0.4 is 9.47 Å². The summed E-state index contributed by atoms with van der Waals surface area (Å²) in [4.78, 5) is 27.0. The second kappa shape index (κ2) is 11.4. The Labute approximate surface area is 200 Å². The molecule has 2 aromatic carbocycles. The molecule has 1 amide bonds. The Morgan fingerprint density at radius 3 is 2.35 bits per heavy atom. The molecule has 0 spiro atoms. The van der Waals surface area contributed by atoms with Crippen LogP contribution in [-0.4, -0.2) is 53.4 Å². The average Bonchev–Trinajstić information content (AvgIpc) is 3.24. The van der Waals surface area contributed by atoms with Crippen molar-refractivity contribution in [1.82, 2.24) is 14.7 Å². The molecule has 0 aliphatic rings. The van der Waals surface area contributed by atoms with E-state index in [0.29, 0.717) is 54.6 Å². The monoisotopic (exact) mass is 465 g/mol. The first-order chi connectivity index (χ1) is 16.4. The van der Waals surface area contributed by atoms with Crippen LogP contribution in [-0.2, 0) is 11.3 Å². The predicted molar refractivity (Wildman–Crippen MR) is 129 cm³/mol. The fourth-order valence-corrected chi connectivity index (χ4v) is 3.64. The van der Waals surface area contributed by atoms with Crippen molar-refractivity contribution >= 4 is 11.9 Å². The Morgan fingerprint density at radius 2 is 1.74 bits per heavy atom. The third-order valence-electron chi connectivity index (χ3n) is 5.43. The number of ether oxygens (including phenoxy) is 3. The molecule has 0 unspecified atom stereocenters. The number of carbonyl (C=O) groups excluding carboxylic acids is 2. The van der Waals surface area contributed by atoms with Gasteiger partial charge >= 0.3 is 5.97 Å². The van der Waals surface area contributed by atoms with Crippen LogP contribution in [0.4, 0.5) is 0 Å². The molecular formula is C26H31N3O5. The van der Waals surface area contributed by atoms with E-state index in [1.807, 2.05) is 51.1 Å². The summed E-state index contributed by atoms with van der Waals surface area (Å²) in [6, 6.07) is 12.9. The van der Waals surface area contributed by atoms with Crippen molar-refractivity contribution < 1.29 is 23.8 Å². The van der Waals surface area contributed by atoms with Crippen molar-refractivity contribution in [2.45, 2.75) is 34.2 Å². The molecule has 8 nitrogen and oxygen atoms in total. The van der Waals surface area contributed by atoms with Gasteiger partial charge in [0.2, 0.25) is 0 Å². The normalized spacial score (nSPS) is 10.6. The summed E-state index contributed by atoms with van der Waals surface area (Å²) in [7, 11) is 1.60. The number of amides is 1. The lowest BCUT2D eigenvalue weighted by Gasteiger charge is -2.22. The maximum absolute atomic E-state index is 13.2. The minimum Gasteiger partial charge on any atom is -0.493 e. The summed E-state index contributed by atoms with van der Waals surface area (Å²) < 4.78 is 17.7. The molecule has 0 saturated carbocycles. The van der Waals surface area contributed by atoms with Crippen molar-refractivity contribution in [2.24, 2.45) is 0 Å². The molecule has 1 aromatic heterocycles. The van der Waals surface area contributed by atoms with Gasteiger partial charge in [0.25, 0.3) is 5.91 Å². The van der Waals surface area contributed by atoms with Crippen molar-refractivity contribution in [3.8, 4) is 17.2 Å². The van der Waals surface area contributed by atoms with E-state index in [4.69, 9.17) is 14.2 Å². The second-order valence-corrected chi connectivity index (χ2v) is 7.56. The van der Waals surface area contributed by atoms with Gasteiger partial charge in [0.15, 0.2) is 11.5 Å². The smallest absolute Gasteiger partial charge is 0.341 e. The van der Waals surface area contributed by atoms with Crippen LogP contribution in [0.25, 0.3) is 5.69 Å². The van der Waals surface area contributed by atoms with Gasteiger partial charge in [-0.2, -0.15) is 5.10 Å². The second-order valence-electron chi connectivity index (χ2n) is 7.56. The summed E-state index contributed by atoms with van der Waals surface area (Å²) in [6.07, 6.45) is 1.50. The number of methoxy groups -OCH3 is 1. The molecule has 0 fully saturated rings. The first-order valence-corrected chi connectivity index (χ1v) is 11.3. The zero-order chi connectivity index (χ0) is 24.7. The maximum atomic E-state index is 13.2. The van der Waals surface area contributed by atoms with E-state index in [0.717, 1.165) is 11.3 Å². The Kier molecular flexibility index (Phi) is 8.29. The van der Waals surface area contributed by atoms with Gasteiger partial charge in [-0.25, -0.2) is 9.48 Å². The molecule has 0 saturated heterocycles. The van der Waals surface area contributed by atoms with E-state index >= 15 is 0 Å². The molecule has 0 radical (unpaired) electrons. The molecule has 180 valence electrons. The molecule has 8 heteroatoms. The summed E-state index contributed by atoms with van der Waals surface area (Å²) in [5.41, 5.74) is 3.37. The van der Waals surface area contributed by atoms with Gasteiger partial charge in [-0.3, -0.25) is 4.79 Å². The molecule has 3 aromatic rings. The lowest BCUT2D eigenvalue weighted by molar-refractivity contribution is 0.0525. The summed E-state index contributed by atoms with van der Waals surface area (Å²) in [5.74, 6) is 0.844. The summed E-state index contributed by atoms with van der Waals surface area (Å²) in [5, 5.41) is 4.31. The van der Waals surface area contributed by atoms with E-state index in [1.165, 1.54) is 6.20 Å². The number of nitrogens with zero attached hydrogens (tertiary/aromatic N) is 3. The van der Waals surface area contributed by atoms with Crippen LogP contribution in [0.1, 0.15) is 52.7 Å². The Morgan fingerprint density at radius 1 is 1.00 bits per heavy atom. The quantitative estimate of drug-likeness (QED) is 0.412. The number of esters is 1. The van der Waals surface area contributed by atoms with Gasteiger partial charge in [0.1, 0.15) is 5.56 Å². The number of hydrogen-bond donors (Lipinski definition) is 0. The molecule has 3 rings (SSSR count). The van der Waals surface area contributed by atoms with E-state index in [2.05, 4.69) is 5.10 Å². The minimum absolute atomic E-state index is 0.0775. The van der Waals surface area contributed by atoms with E-state index in [9.17, 15) is 9.59 Å². The summed E-state index contributed by atoms with van der Waals surface area (Å²) >= 11 is 0. The molecular weight excluding hydrogens is 434 g/mol. The van der Waals surface area contributed by atoms with Crippen LogP contribution in [0, 0.1) is 6.92 Å². The lowest BCUT2D eigenvalue weighted by atomic mass is 10.1. The number of benzene rings is 2. The predicted octanol–water partition coefficient (Wildman–Crippen LogP) is 4.43. The Balaban J connectivity index is 1.76. The third kappa shape index (κ3) is 5.39. The third-order valence-corrected chi connectivity index (χ3v) is 5.43. The van der Waals surface area contributed by atoms with Crippen molar-refractivity contribution in [2.75, 3.05) is 26.9 Å². The van der Waals surface area contributed by atoms with Crippen LogP contribution in [0.2, 0.25) is 0 Å². The highest BCUT2D eigenvalue weighted by molar-refractivity contribution is 5.94. The van der Waals surface area contributed by atoms with Crippen LogP contribution in [0.15, 0.2) is 48.7 Å². The summed E-state index contributed by atoms with van der Waals surface area (Å²) in [6.45, 7) is 9.29. The van der Waals surface area contributed by atoms with E-state index in [-0.39, 0.29) is 5.91 Å². The minimum atomic E-state index is -0.400. The molecule has 1 heterocycles. The Bertz CT molecular complexity index is 1140. The SMILES string of the molecule is CCOC(=O)c1cnn(-c2ccc(C(=O)N(CC)Cc3ccc(OCC)c(OC)c3)cc2)c1C. The first kappa shape index (κ1) is 24.8.